The van der Waals surface area contributed by atoms with Crippen LogP contribution in [0.15, 0.2) is 54.6 Å². The normalized spacial score (nSPS) is 9.74. The highest BCUT2D eigenvalue weighted by Gasteiger charge is 1.96. The fourth-order valence-corrected chi connectivity index (χ4v) is 1.71. The first-order valence-corrected chi connectivity index (χ1v) is 6.55. The zero-order valence-electron chi connectivity index (χ0n) is 10.8. The minimum Gasteiger partial charge on any atom is -0.357 e. The largest absolute Gasteiger partial charge is 0.357 e. The maximum atomic E-state index is 5.19. The van der Waals surface area contributed by atoms with Crippen molar-refractivity contribution in [3.63, 3.8) is 0 Å². The van der Waals surface area contributed by atoms with E-state index < -0.39 is 0 Å². The number of thiocarbonyl (C=S) groups is 1. The van der Waals surface area contributed by atoms with E-state index in [2.05, 4.69) is 47.4 Å². The van der Waals surface area contributed by atoms with Gasteiger partial charge in [0.1, 0.15) is 0 Å². The Kier molecular flexibility index (Phi) is 4.75. The van der Waals surface area contributed by atoms with Crippen LogP contribution in [0.5, 0.6) is 0 Å². The van der Waals surface area contributed by atoms with Crippen molar-refractivity contribution in [2.45, 2.75) is 13.5 Å². The van der Waals surface area contributed by atoms with Gasteiger partial charge in [0.2, 0.25) is 0 Å². The van der Waals surface area contributed by atoms with Gasteiger partial charge >= 0.3 is 0 Å². The molecule has 4 heteroatoms. The van der Waals surface area contributed by atoms with Crippen molar-refractivity contribution < 1.29 is 0 Å². The van der Waals surface area contributed by atoms with Gasteiger partial charge in [0.05, 0.1) is 5.69 Å². The zero-order chi connectivity index (χ0) is 13.5. The molecule has 0 aliphatic carbocycles. The predicted molar refractivity (Wildman–Crippen MR) is 83.8 cm³/mol. The third-order valence-electron chi connectivity index (χ3n) is 2.67. The summed E-state index contributed by atoms with van der Waals surface area (Å²) in [5.74, 6) is 0. The van der Waals surface area contributed by atoms with E-state index in [1.54, 1.807) is 0 Å². The molecule has 19 heavy (non-hydrogen) atoms. The van der Waals surface area contributed by atoms with Crippen LogP contribution in [0, 0.1) is 6.92 Å². The number of nitrogens with one attached hydrogen (secondary N) is 3. The van der Waals surface area contributed by atoms with Gasteiger partial charge in [-0.2, -0.15) is 0 Å². The molecule has 3 N–H and O–H groups in total. The summed E-state index contributed by atoms with van der Waals surface area (Å²) in [7, 11) is 0. The van der Waals surface area contributed by atoms with Crippen molar-refractivity contribution in [1.82, 2.24) is 10.7 Å². The first-order chi connectivity index (χ1) is 9.24. The summed E-state index contributed by atoms with van der Waals surface area (Å²) in [6, 6.07) is 18.2. The van der Waals surface area contributed by atoms with Gasteiger partial charge in [-0.3, -0.25) is 10.9 Å². The highest BCUT2D eigenvalue weighted by Crippen LogP contribution is 2.03. The van der Waals surface area contributed by atoms with E-state index in [9.17, 15) is 0 Å². The summed E-state index contributed by atoms with van der Waals surface area (Å²) < 4.78 is 0. The fraction of sp³-hybridized carbons (Fsp3) is 0.133. The molecule has 3 nitrogen and oxygen atoms in total. The number of benzene rings is 2. The van der Waals surface area contributed by atoms with E-state index in [1.165, 1.54) is 11.1 Å². The first-order valence-electron chi connectivity index (χ1n) is 6.14. The van der Waals surface area contributed by atoms with Gasteiger partial charge < -0.3 is 5.32 Å². The summed E-state index contributed by atoms with van der Waals surface area (Å²) in [5, 5.41) is 3.72. The van der Waals surface area contributed by atoms with Crippen LogP contribution >= 0.6 is 12.2 Å². The molecule has 2 aromatic carbocycles. The van der Waals surface area contributed by atoms with E-state index in [4.69, 9.17) is 12.2 Å². The molecule has 0 aliphatic rings. The number of aryl methyl sites for hydroxylation is 1. The summed E-state index contributed by atoms with van der Waals surface area (Å²) in [4.78, 5) is 0. The lowest BCUT2D eigenvalue weighted by atomic mass is 10.1. The third kappa shape index (κ3) is 4.60. The number of hydrazine groups is 1. The predicted octanol–water partition coefficient (Wildman–Crippen LogP) is 2.99. The van der Waals surface area contributed by atoms with Crippen molar-refractivity contribution >= 4 is 23.0 Å². The average Bonchev–Trinajstić information content (AvgIpc) is 2.45. The Morgan fingerprint density at radius 2 is 1.68 bits per heavy atom. The Morgan fingerprint density at radius 3 is 2.37 bits per heavy atom. The topological polar surface area (TPSA) is 36.1 Å². The van der Waals surface area contributed by atoms with Gasteiger partial charge in [0.25, 0.3) is 0 Å². The second-order valence-electron chi connectivity index (χ2n) is 4.28. The maximum Gasteiger partial charge on any atom is 0.185 e. The standard InChI is InChI=1S/C15H17N3S/c1-12-7-9-13(10-8-12)11-16-15(19)18-17-14-5-3-2-4-6-14/h2-10,17H,11H2,1H3,(H2,16,18,19). The first kappa shape index (κ1) is 13.4. The Labute approximate surface area is 119 Å². The molecule has 0 bridgehead atoms. The van der Waals surface area contributed by atoms with E-state index in [0.717, 1.165) is 5.69 Å². The van der Waals surface area contributed by atoms with Gasteiger partial charge in [-0.25, -0.2) is 0 Å². The summed E-state index contributed by atoms with van der Waals surface area (Å²) in [6.07, 6.45) is 0. The number of hydrogen-bond donors (Lipinski definition) is 3. The fourth-order valence-electron chi connectivity index (χ4n) is 1.58. The Balaban J connectivity index is 1.74. The molecular formula is C15H17N3S. The molecule has 0 aromatic heterocycles. The highest BCUT2D eigenvalue weighted by atomic mass is 32.1. The molecular weight excluding hydrogens is 254 g/mol. The molecule has 0 heterocycles. The molecule has 2 aromatic rings. The lowest BCUT2D eigenvalue weighted by Crippen LogP contribution is -2.38. The van der Waals surface area contributed by atoms with Crippen LogP contribution in [0.3, 0.4) is 0 Å². The van der Waals surface area contributed by atoms with Crippen LogP contribution in [0.25, 0.3) is 0 Å². The molecule has 2 rings (SSSR count). The molecule has 0 saturated carbocycles. The van der Waals surface area contributed by atoms with Crippen LogP contribution < -0.4 is 16.2 Å². The van der Waals surface area contributed by atoms with Crippen molar-refractivity contribution in [3.8, 4) is 0 Å². The van der Waals surface area contributed by atoms with Gasteiger partial charge in [-0.15, -0.1) is 0 Å². The molecule has 0 radical (unpaired) electrons. The van der Waals surface area contributed by atoms with Gasteiger partial charge in [-0.1, -0.05) is 48.0 Å². The van der Waals surface area contributed by atoms with Crippen molar-refractivity contribution in [1.29, 1.82) is 0 Å². The lowest BCUT2D eigenvalue weighted by Gasteiger charge is -2.12. The number of anilines is 1. The summed E-state index contributed by atoms with van der Waals surface area (Å²) in [5.41, 5.74) is 9.42. The van der Waals surface area contributed by atoms with E-state index >= 15 is 0 Å². The van der Waals surface area contributed by atoms with Crippen LogP contribution in [0.1, 0.15) is 11.1 Å². The van der Waals surface area contributed by atoms with Gasteiger partial charge in [0, 0.05) is 6.54 Å². The zero-order valence-corrected chi connectivity index (χ0v) is 11.6. The molecule has 0 unspecified atom stereocenters. The molecule has 0 spiro atoms. The van der Waals surface area contributed by atoms with E-state index in [1.807, 2.05) is 30.3 Å². The molecule has 98 valence electrons. The lowest BCUT2D eigenvalue weighted by molar-refractivity contribution is 0.885. The van der Waals surface area contributed by atoms with Gasteiger partial charge in [-0.05, 0) is 36.8 Å². The average molecular weight is 271 g/mol. The van der Waals surface area contributed by atoms with E-state index in [0.29, 0.717) is 11.7 Å². The minimum atomic E-state index is 0.574. The van der Waals surface area contributed by atoms with Crippen LogP contribution in [0.4, 0.5) is 5.69 Å². The van der Waals surface area contributed by atoms with Crippen molar-refractivity contribution in [3.05, 3.63) is 65.7 Å². The monoisotopic (exact) mass is 271 g/mol. The maximum absolute atomic E-state index is 5.19. The Morgan fingerprint density at radius 1 is 1.00 bits per heavy atom. The van der Waals surface area contributed by atoms with Crippen molar-refractivity contribution in [2.24, 2.45) is 0 Å². The SMILES string of the molecule is Cc1ccc(CNC(=S)NNc2ccccc2)cc1. The van der Waals surface area contributed by atoms with E-state index in [-0.39, 0.29) is 0 Å². The Bertz CT molecular complexity index is 523. The summed E-state index contributed by atoms with van der Waals surface area (Å²) >= 11 is 5.19. The second-order valence-corrected chi connectivity index (χ2v) is 4.69. The smallest absolute Gasteiger partial charge is 0.185 e. The number of hydrogen-bond acceptors (Lipinski definition) is 2. The highest BCUT2D eigenvalue weighted by molar-refractivity contribution is 7.80. The van der Waals surface area contributed by atoms with Crippen LogP contribution in [-0.2, 0) is 6.54 Å². The second kappa shape index (κ2) is 6.75. The quantitative estimate of drug-likeness (QED) is 0.590. The third-order valence-corrected chi connectivity index (χ3v) is 2.91. The van der Waals surface area contributed by atoms with Crippen molar-refractivity contribution in [2.75, 3.05) is 5.43 Å². The van der Waals surface area contributed by atoms with Crippen LogP contribution in [0.2, 0.25) is 0 Å². The number of para-hydroxylation sites is 1. The molecule has 0 atom stereocenters. The van der Waals surface area contributed by atoms with Gasteiger partial charge in [0.15, 0.2) is 5.11 Å². The molecule has 0 amide bonds. The van der Waals surface area contributed by atoms with Crippen LogP contribution in [-0.4, -0.2) is 5.11 Å². The Hall–Kier alpha value is -2.07. The summed E-state index contributed by atoms with van der Waals surface area (Å²) in [6.45, 7) is 2.79. The molecule has 0 saturated heterocycles. The number of rotatable bonds is 4. The minimum absolute atomic E-state index is 0.574. The molecule has 0 aliphatic heterocycles. The molecule has 0 fully saturated rings.